The van der Waals surface area contributed by atoms with Crippen LogP contribution in [0.4, 0.5) is 4.79 Å². The molecule has 3 N–H and O–H groups in total. The molecule has 196 valence electrons. The molecule has 0 spiro atoms. The van der Waals surface area contributed by atoms with Gasteiger partial charge in [0.05, 0.1) is 6.42 Å². The normalized spacial score (nSPS) is 13.4. The van der Waals surface area contributed by atoms with Crippen molar-refractivity contribution in [3.05, 3.63) is 95.6 Å². The van der Waals surface area contributed by atoms with Crippen LogP contribution in [0.15, 0.2) is 78.9 Å². The highest BCUT2D eigenvalue weighted by Crippen LogP contribution is 2.44. The fourth-order valence-corrected chi connectivity index (χ4v) is 4.33. The third-order valence-corrected chi connectivity index (χ3v) is 6.29. The smallest absolute Gasteiger partial charge is 0.407 e. The number of carboxylic acid groups (broad SMARTS) is 1. The SMILES string of the molecule is C[C@@H](NC(=O)[C@H](CC(=O)OCc1ccccc1)NC(=O)OCC1c2ccccc2-c2ccccc21)C(=O)O. The number of esters is 1. The quantitative estimate of drug-likeness (QED) is 0.351. The Morgan fingerprint density at radius 1 is 0.816 bits per heavy atom. The number of hydrogen-bond acceptors (Lipinski definition) is 6. The van der Waals surface area contributed by atoms with Crippen molar-refractivity contribution in [3.63, 3.8) is 0 Å². The van der Waals surface area contributed by atoms with Crippen LogP contribution >= 0.6 is 0 Å². The van der Waals surface area contributed by atoms with Crippen LogP contribution in [0.5, 0.6) is 0 Å². The molecule has 38 heavy (non-hydrogen) atoms. The summed E-state index contributed by atoms with van der Waals surface area (Å²) in [5, 5.41) is 13.8. The molecule has 3 aromatic carbocycles. The van der Waals surface area contributed by atoms with E-state index in [-0.39, 0.29) is 19.1 Å². The van der Waals surface area contributed by atoms with E-state index in [9.17, 15) is 19.2 Å². The highest BCUT2D eigenvalue weighted by Gasteiger charge is 2.31. The molecule has 0 aliphatic heterocycles. The largest absolute Gasteiger partial charge is 0.480 e. The number of hydrogen-bond donors (Lipinski definition) is 3. The Hall–Kier alpha value is -4.66. The minimum atomic E-state index is -1.39. The molecule has 4 rings (SSSR count). The molecule has 0 aromatic heterocycles. The highest BCUT2D eigenvalue weighted by atomic mass is 16.5. The first kappa shape index (κ1) is 26.4. The summed E-state index contributed by atoms with van der Waals surface area (Å²) in [5.41, 5.74) is 4.94. The predicted octanol–water partition coefficient (Wildman–Crippen LogP) is 3.62. The summed E-state index contributed by atoms with van der Waals surface area (Å²) in [6.07, 6.45) is -1.42. The molecule has 0 radical (unpaired) electrons. The molecule has 0 fully saturated rings. The minimum absolute atomic E-state index is 0.00944. The van der Waals surface area contributed by atoms with E-state index in [1.807, 2.05) is 54.6 Å². The lowest BCUT2D eigenvalue weighted by atomic mass is 9.98. The van der Waals surface area contributed by atoms with Gasteiger partial charge in [-0.3, -0.25) is 14.4 Å². The number of carbonyl (C=O) groups excluding carboxylic acids is 3. The standard InChI is InChI=1S/C29H28N2O7/c1-18(28(34)35)30-27(33)25(15-26(32)37-16-19-9-3-2-4-10-19)31-29(36)38-17-24-22-13-7-5-11-20(22)21-12-6-8-14-23(21)24/h2-14,18,24-25H,15-17H2,1H3,(H,30,33)(H,31,36)(H,34,35)/t18-,25+/m1/s1. The van der Waals surface area contributed by atoms with Crippen LogP contribution in [-0.4, -0.2) is 47.7 Å². The molecule has 2 atom stereocenters. The Labute approximate surface area is 219 Å². The van der Waals surface area contributed by atoms with Crippen LogP contribution in [0.3, 0.4) is 0 Å². The zero-order valence-corrected chi connectivity index (χ0v) is 20.8. The molecule has 9 nitrogen and oxygen atoms in total. The second kappa shape index (κ2) is 12.1. The van der Waals surface area contributed by atoms with Gasteiger partial charge in [-0.2, -0.15) is 0 Å². The van der Waals surface area contributed by atoms with E-state index in [4.69, 9.17) is 14.6 Å². The molecule has 2 amide bonds. The number of benzene rings is 3. The van der Waals surface area contributed by atoms with Crippen molar-refractivity contribution in [1.82, 2.24) is 10.6 Å². The lowest BCUT2D eigenvalue weighted by Crippen LogP contribution is -2.51. The first-order valence-corrected chi connectivity index (χ1v) is 12.2. The molecule has 9 heteroatoms. The summed E-state index contributed by atoms with van der Waals surface area (Å²) in [6.45, 7) is 1.28. The van der Waals surface area contributed by atoms with E-state index in [1.54, 1.807) is 24.3 Å². The minimum Gasteiger partial charge on any atom is -0.480 e. The molecule has 0 saturated carbocycles. The maximum absolute atomic E-state index is 12.7. The molecule has 0 saturated heterocycles. The zero-order chi connectivity index (χ0) is 27.1. The van der Waals surface area contributed by atoms with Crippen molar-refractivity contribution in [2.24, 2.45) is 0 Å². The molecular weight excluding hydrogens is 488 g/mol. The molecule has 1 aliphatic carbocycles. The van der Waals surface area contributed by atoms with Gasteiger partial charge in [0.2, 0.25) is 5.91 Å². The summed E-state index contributed by atoms with van der Waals surface area (Å²) >= 11 is 0. The lowest BCUT2D eigenvalue weighted by molar-refractivity contribution is -0.147. The number of aliphatic carboxylic acids is 1. The lowest BCUT2D eigenvalue weighted by Gasteiger charge is -2.20. The fourth-order valence-electron chi connectivity index (χ4n) is 4.33. The summed E-state index contributed by atoms with van der Waals surface area (Å²) in [5.74, 6) is -3.03. The third kappa shape index (κ3) is 6.36. The number of ether oxygens (including phenoxy) is 2. The molecule has 1 aliphatic rings. The van der Waals surface area contributed by atoms with Gasteiger partial charge in [-0.05, 0) is 34.7 Å². The first-order valence-electron chi connectivity index (χ1n) is 12.2. The van der Waals surface area contributed by atoms with Gasteiger partial charge in [0, 0.05) is 5.92 Å². The Morgan fingerprint density at radius 3 is 2.00 bits per heavy atom. The summed E-state index contributed by atoms with van der Waals surface area (Å²) in [6, 6.07) is 22.1. The van der Waals surface area contributed by atoms with E-state index in [1.165, 1.54) is 6.92 Å². The maximum Gasteiger partial charge on any atom is 0.407 e. The van der Waals surface area contributed by atoms with Crippen molar-refractivity contribution in [3.8, 4) is 11.1 Å². The number of carbonyl (C=O) groups is 4. The molecule has 0 unspecified atom stereocenters. The van der Waals surface area contributed by atoms with Crippen LogP contribution < -0.4 is 10.6 Å². The maximum atomic E-state index is 12.7. The van der Waals surface area contributed by atoms with Gasteiger partial charge < -0.3 is 25.2 Å². The number of amides is 2. The van der Waals surface area contributed by atoms with E-state index >= 15 is 0 Å². The fraction of sp³-hybridized carbons (Fsp3) is 0.241. The van der Waals surface area contributed by atoms with E-state index in [2.05, 4.69) is 10.6 Å². The number of rotatable bonds is 10. The van der Waals surface area contributed by atoms with Crippen LogP contribution in [0, 0.1) is 0 Å². The van der Waals surface area contributed by atoms with Gasteiger partial charge in [-0.15, -0.1) is 0 Å². The zero-order valence-electron chi connectivity index (χ0n) is 20.8. The van der Waals surface area contributed by atoms with E-state index in [0.29, 0.717) is 0 Å². The third-order valence-electron chi connectivity index (χ3n) is 6.29. The summed E-state index contributed by atoms with van der Waals surface area (Å²) in [4.78, 5) is 49.1. The number of fused-ring (bicyclic) bond motifs is 3. The van der Waals surface area contributed by atoms with E-state index in [0.717, 1.165) is 27.8 Å². The first-order chi connectivity index (χ1) is 18.3. The van der Waals surface area contributed by atoms with Crippen LogP contribution in [0.1, 0.15) is 36.0 Å². The summed E-state index contributed by atoms with van der Waals surface area (Å²) < 4.78 is 10.7. The van der Waals surface area contributed by atoms with Gasteiger partial charge in [-0.25, -0.2) is 4.79 Å². The van der Waals surface area contributed by atoms with Gasteiger partial charge in [0.25, 0.3) is 0 Å². The number of alkyl carbamates (subject to hydrolysis) is 1. The van der Waals surface area contributed by atoms with E-state index < -0.39 is 42.4 Å². The Kier molecular flexibility index (Phi) is 8.37. The average Bonchev–Trinajstić information content (AvgIpc) is 3.24. The monoisotopic (exact) mass is 516 g/mol. The van der Waals surface area contributed by atoms with Gasteiger partial charge in [0.15, 0.2) is 0 Å². The highest BCUT2D eigenvalue weighted by molar-refractivity contribution is 5.92. The van der Waals surface area contributed by atoms with Crippen LogP contribution in [-0.2, 0) is 30.5 Å². The van der Waals surface area contributed by atoms with Crippen LogP contribution in [0.2, 0.25) is 0 Å². The van der Waals surface area contributed by atoms with Gasteiger partial charge in [-0.1, -0.05) is 78.9 Å². The number of carboxylic acids is 1. The van der Waals surface area contributed by atoms with Crippen molar-refractivity contribution in [1.29, 1.82) is 0 Å². The number of nitrogens with one attached hydrogen (secondary N) is 2. The van der Waals surface area contributed by atoms with Crippen molar-refractivity contribution in [2.75, 3.05) is 6.61 Å². The molecular formula is C29H28N2O7. The molecule has 0 heterocycles. The predicted molar refractivity (Wildman–Crippen MR) is 138 cm³/mol. The Balaban J connectivity index is 1.40. The second-order valence-electron chi connectivity index (χ2n) is 8.94. The van der Waals surface area contributed by atoms with Crippen molar-refractivity contribution >= 4 is 23.9 Å². The molecule has 0 bridgehead atoms. The summed E-state index contributed by atoms with van der Waals surface area (Å²) in [7, 11) is 0. The Bertz CT molecular complexity index is 1280. The second-order valence-corrected chi connectivity index (χ2v) is 8.94. The topological polar surface area (TPSA) is 131 Å². The van der Waals surface area contributed by atoms with Crippen molar-refractivity contribution in [2.45, 2.75) is 38.0 Å². The average molecular weight is 517 g/mol. The van der Waals surface area contributed by atoms with Gasteiger partial charge in [0.1, 0.15) is 25.3 Å². The van der Waals surface area contributed by atoms with Crippen LogP contribution in [0.25, 0.3) is 11.1 Å². The molecule has 3 aromatic rings. The van der Waals surface area contributed by atoms with Crippen molar-refractivity contribution < 1.29 is 33.8 Å². The van der Waals surface area contributed by atoms with Gasteiger partial charge >= 0.3 is 18.0 Å². The Morgan fingerprint density at radius 2 is 1.39 bits per heavy atom.